The summed E-state index contributed by atoms with van der Waals surface area (Å²) in [5.74, 6) is -0.121. The highest BCUT2D eigenvalue weighted by Crippen LogP contribution is 2.10. The normalized spacial score (nSPS) is 10.6. The van der Waals surface area contributed by atoms with Crippen LogP contribution in [-0.4, -0.2) is 18.0 Å². The Bertz CT molecular complexity index is 360. The Labute approximate surface area is 117 Å². The van der Waals surface area contributed by atoms with E-state index in [4.69, 9.17) is 5.73 Å². The lowest BCUT2D eigenvalue weighted by Gasteiger charge is -2.17. The minimum absolute atomic E-state index is 0. The van der Waals surface area contributed by atoms with Crippen molar-refractivity contribution in [2.24, 2.45) is 5.73 Å². The third-order valence-corrected chi connectivity index (χ3v) is 2.73. The quantitative estimate of drug-likeness (QED) is 0.894. The van der Waals surface area contributed by atoms with Crippen molar-refractivity contribution >= 4 is 34.2 Å². The molecule has 0 spiro atoms. The van der Waals surface area contributed by atoms with Crippen LogP contribution < -0.4 is 11.1 Å². The summed E-state index contributed by atoms with van der Waals surface area (Å²) in [4.78, 5) is 11.5. The van der Waals surface area contributed by atoms with Gasteiger partial charge in [0.2, 0.25) is 5.91 Å². The van der Waals surface area contributed by atoms with Crippen LogP contribution in [0.2, 0.25) is 0 Å². The lowest BCUT2D eigenvalue weighted by atomic mass is 10.1. The molecule has 0 unspecified atom stereocenters. The van der Waals surface area contributed by atoms with Crippen molar-refractivity contribution in [2.45, 2.75) is 25.8 Å². The first-order valence-corrected chi connectivity index (χ1v) is 6.00. The van der Waals surface area contributed by atoms with E-state index in [1.165, 1.54) is 5.56 Å². The largest absolute Gasteiger partial charge is 0.354 e. The van der Waals surface area contributed by atoms with Gasteiger partial charge in [-0.05, 0) is 38.0 Å². The predicted octanol–water partition coefficient (Wildman–Crippen LogP) is 2.27. The van der Waals surface area contributed by atoms with Crippen molar-refractivity contribution < 1.29 is 4.79 Å². The first-order chi connectivity index (χ1) is 7.39. The van der Waals surface area contributed by atoms with Crippen LogP contribution in [0.5, 0.6) is 0 Å². The van der Waals surface area contributed by atoms with Gasteiger partial charge < -0.3 is 11.1 Å². The molecule has 1 aromatic carbocycles. The molecule has 0 fully saturated rings. The van der Waals surface area contributed by atoms with Gasteiger partial charge in [0.1, 0.15) is 0 Å². The highest BCUT2D eigenvalue weighted by molar-refractivity contribution is 9.10. The highest BCUT2D eigenvalue weighted by Gasteiger charge is 2.20. The van der Waals surface area contributed by atoms with Crippen molar-refractivity contribution in [1.29, 1.82) is 0 Å². The van der Waals surface area contributed by atoms with Crippen LogP contribution in [0.3, 0.4) is 0 Å². The summed E-state index contributed by atoms with van der Waals surface area (Å²) in [7, 11) is 0. The molecule has 0 heterocycles. The predicted molar refractivity (Wildman–Crippen MR) is 76.4 cm³/mol. The van der Waals surface area contributed by atoms with Gasteiger partial charge in [0.25, 0.3) is 0 Å². The summed E-state index contributed by atoms with van der Waals surface area (Å²) < 4.78 is 1.06. The Kier molecular flexibility index (Phi) is 6.75. The molecule has 3 N–H and O–H groups in total. The first kappa shape index (κ1) is 16.4. The molecule has 3 nitrogen and oxygen atoms in total. The van der Waals surface area contributed by atoms with E-state index in [9.17, 15) is 4.79 Å². The molecule has 17 heavy (non-hydrogen) atoms. The average Bonchev–Trinajstić information content (AvgIpc) is 2.19. The second kappa shape index (κ2) is 6.99. The van der Waals surface area contributed by atoms with Crippen molar-refractivity contribution in [3.05, 3.63) is 34.3 Å². The topological polar surface area (TPSA) is 55.1 Å². The van der Waals surface area contributed by atoms with Crippen molar-refractivity contribution in [2.75, 3.05) is 6.54 Å². The molecule has 0 saturated heterocycles. The van der Waals surface area contributed by atoms with Crippen LogP contribution in [0.25, 0.3) is 0 Å². The lowest BCUT2D eigenvalue weighted by molar-refractivity contribution is -0.125. The molecule has 0 atom stereocenters. The number of carbonyl (C=O) groups excluding carboxylic acids is 1. The number of halogens is 2. The second-order valence-corrected chi connectivity index (χ2v) is 5.27. The van der Waals surface area contributed by atoms with Crippen LogP contribution in [0.1, 0.15) is 19.4 Å². The maximum atomic E-state index is 11.5. The summed E-state index contributed by atoms with van der Waals surface area (Å²) >= 11 is 3.38. The van der Waals surface area contributed by atoms with Crippen LogP contribution in [0.15, 0.2) is 28.7 Å². The number of nitrogens with one attached hydrogen (secondary N) is 1. The Balaban J connectivity index is 0.00000256. The molecule has 1 rings (SSSR count). The number of amides is 1. The number of hydrogen-bond donors (Lipinski definition) is 2. The number of rotatable bonds is 4. The standard InChI is InChI=1S/C12H17BrN2O.ClH/c1-12(2,14)11(16)15-8-7-9-3-5-10(13)6-4-9;/h3-6H,7-8,14H2,1-2H3,(H,15,16);1H. The molecule has 5 heteroatoms. The molecule has 0 aliphatic carbocycles. The SMILES string of the molecule is CC(C)(N)C(=O)NCCc1ccc(Br)cc1.Cl. The minimum Gasteiger partial charge on any atom is -0.354 e. The van der Waals surface area contributed by atoms with Crippen molar-refractivity contribution in [3.63, 3.8) is 0 Å². The molecule has 0 saturated carbocycles. The molecule has 1 aromatic rings. The minimum atomic E-state index is -0.806. The van der Waals surface area contributed by atoms with Crippen LogP contribution in [0, 0.1) is 0 Å². The third-order valence-electron chi connectivity index (χ3n) is 2.20. The Hall–Kier alpha value is -0.580. The number of nitrogens with two attached hydrogens (primary N) is 1. The highest BCUT2D eigenvalue weighted by atomic mass is 79.9. The zero-order valence-corrected chi connectivity index (χ0v) is 12.4. The summed E-state index contributed by atoms with van der Waals surface area (Å²) in [5, 5.41) is 2.81. The van der Waals surface area contributed by atoms with E-state index in [1.54, 1.807) is 13.8 Å². The van der Waals surface area contributed by atoms with Gasteiger partial charge in [0.15, 0.2) is 0 Å². The Morgan fingerprint density at radius 2 is 1.88 bits per heavy atom. The first-order valence-electron chi connectivity index (χ1n) is 5.21. The van der Waals surface area contributed by atoms with Gasteiger partial charge in [-0.25, -0.2) is 0 Å². The van der Waals surface area contributed by atoms with Gasteiger partial charge in [-0.3, -0.25) is 4.79 Å². The maximum Gasteiger partial charge on any atom is 0.239 e. The molecule has 96 valence electrons. The van der Waals surface area contributed by atoms with E-state index >= 15 is 0 Å². The zero-order valence-electron chi connectivity index (χ0n) is 10.00. The monoisotopic (exact) mass is 320 g/mol. The van der Waals surface area contributed by atoms with Gasteiger partial charge in [0, 0.05) is 11.0 Å². The summed E-state index contributed by atoms with van der Waals surface area (Å²) in [5.41, 5.74) is 6.05. The molecular formula is C12H18BrClN2O. The number of hydrogen-bond acceptors (Lipinski definition) is 2. The number of carbonyl (C=O) groups is 1. The Morgan fingerprint density at radius 3 is 2.35 bits per heavy atom. The molecule has 0 aliphatic heterocycles. The van der Waals surface area contributed by atoms with Gasteiger partial charge in [0.05, 0.1) is 5.54 Å². The molecule has 0 radical (unpaired) electrons. The van der Waals surface area contributed by atoms with Crippen LogP contribution in [-0.2, 0) is 11.2 Å². The van der Waals surface area contributed by atoms with Gasteiger partial charge in [-0.15, -0.1) is 12.4 Å². The molecule has 1 amide bonds. The molecule has 0 bridgehead atoms. The molecule has 0 aliphatic rings. The smallest absolute Gasteiger partial charge is 0.239 e. The summed E-state index contributed by atoms with van der Waals surface area (Å²) in [6, 6.07) is 8.04. The van der Waals surface area contributed by atoms with Gasteiger partial charge >= 0.3 is 0 Å². The zero-order chi connectivity index (χ0) is 12.2. The van der Waals surface area contributed by atoms with Crippen molar-refractivity contribution in [1.82, 2.24) is 5.32 Å². The van der Waals surface area contributed by atoms with E-state index in [2.05, 4.69) is 21.2 Å². The van der Waals surface area contributed by atoms with E-state index in [-0.39, 0.29) is 18.3 Å². The maximum absolute atomic E-state index is 11.5. The fraction of sp³-hybridized carbons (Fsp3) is 0.417. The average molecular weight is 322 g/mol. The van der Waals surface area contributed by atoms with Gasteiger partial charge in [-0.1, -0.05) is 28.1 Å². The molecular weight excluding hydrogens is 304 g/mol. The third kappa shape index (κ3) is 6.05. The van der Waals surface area contributed by atoms with Crippen LogP contribution >= 0.6 is 28.3 Å². The fourth-order valence-electron chi connectivity index (χ4n) is 1.20. The van der Waals surface area contributed by atoms with E-state index in [1.807, 2.05) is 24.3 Å². The van der Waals surface area contributed by atoms with E-state index in [0.29, 0.717) is 6.54 Å². The summed E-state index contributed by atoms with van der Waals surface area (Å²) in [6.45, 7) is 4.00. The van der Waals surface area contributed by atoms with E-state index in [0.717, 1.165) is 10.9 Å². The van der Waals surface area contributed by atoms with Crippen molar-refractivity contribution in [3.8, 4) is 0 Å². The van der Waals surface area contributed by atoms with E-state index < -0.39 is 5.54 Å². The second-order valence-electron chi connectivity index (χ2n) is 4.35. The molecule has 0 aromatic heterocycles. The summed E-state index contributed by atoms with van der Waals surface area (Å²) in [6.07, 6.45) is 0.815. The number of benzene rings is 1. The fourth-order valence-corrected chi connectivity index (χ4v) is 1.46. The lowest BCUT2D eigenvalue weighted by Crippen LogP contribution is -2.49. The van der Waals surface area contributed by atoms with Crippen LogP contribution in [0.4, 0.5) is 0 Å². The van der Waals surface area contributed by atoms with Gasteiger partial charge in [-0.2, -0.15) is 0 Å². The Morgan fingerprint density at radius 1 is 1.35 bits per heavy atom.